The molecule has 0 aliphatic carbocycles. The van der Waals surface area contributed by atoms with Gasteiger partial charge in [0.2, 0.25) is 5.56 Å². The van der Waals surface area contributed by atoms with Crippen molar-refractivity contribution in [3.8, 4) is 0 Å². The normalized spacial score (nSPS) is 11.0. The highest BCUT2D eigenvalue weighted by Gasteiger charge is 2.21. The largest absolute Gasteiger partial charge is 0.332 e. The van der Waals surface area contributed by atoms with Crippen molar-refractivity contribution in [3.05, 3.63) is 82.1 Å². The second kappa shape index (κ2) is 6.71. The Morgan fingerprint density at radius 3 is 2.42 bits per heavy atom. The van der Waals surface area contributed by atoms with Crippen LogP contribution in [0.3, 0.4) is 0 Å². The molecule has 2 aromatic carbocycles. The minimum Gasteiger partial charge on any atom is -0.332 e. The number of hydrogen-bond acceptors (Lipinski definition) is 2. The summed E-state index contributed by atoms with van der Waals surface area (Å²) in [4.78, 5) is 29.6. The third kappa shape index (κ3) is 3.23. The number of para-hydroxylation sites is 1. The van der Waals surface area contributed by atoms with Crippen molar-refractivity contribution >= 4 is 16.8 Å². The standard InChI is InChI=1S/C20H20N2O2/c1-14(2)22(13-15-8-4-3-5-9-15)20(24)17-12-19(23)21-18-11-7-6-10-16(17)18/h3-12,14H,13H2,1-2H3,(H,21,23). The van der Waals surface area contributed by atoms with E-state index in [0.717, 1.165) is 10.9 Å². The average molecular weight is 320 g/mol. The second-order valence-electron chi connectivity index (χ2n) is 6.11. The van der Waals surface area contributed by atoms with E-state index < -0.39 is 0 Å². The maximum absolute atomic E-state index is 13.1. The molecule has 3 rings (SSSR count). The van der Waals surface area contributed by atoms with Crippen molar-refractivity contribution in [3.63, 3.8) is 0 Å². The number of rotatable bonds is 4. The van der Waals surface area contributed by atoms with Gasteiger partial charge < -0.3 is 9.88 Å². The lowest BCUT2D eigenvalue weighted by Crippen LogP contribution is -2.37. The molecule has 0 radical (unpaired) electrons. The summed E-state index contributed by atoms with van der Waals surface area (Å²) in [6.07, 6.45) is 0. The highest BCUT2D eigenvalue weighted by atomic mass is 16.2. The Morgan fingerprint density at radius 1 is 1.04 bits per heavy atom. The van der Waals surface area contributed by atoms with Gasteiger partial charge >= 0.3 is 0 Å². The first-order valence-corrected chi connectivity index (χ1v) is 8.03. The van der Waals surface area contributed by atoms with Gasteiger partial charge in [0.25, 0.3) is 5.91 Å². The number of nitrogens with zero attached hydrogens (tertiary/aromatic N) is 1. The monoisotopic (exact) mass is 320 g/mol. The van der Waals surface area contributed by atoms with Gasteiger partial charge in [0.05, 0.1) is 5.56 Å². The third-order valence-corrected chi connectivity index (χ3v) is 4.06. The predicted octanol–water partition coefficient (Wildman–Crippen LogP) is 3.58. The number of carbonyl (C=O) groups is 1. The molecule has 0 spiro atoms. The number of hydrogen-bond donors (Lipinski definition) is 1. The summed E-state index contributed by atoms with van der Waals surface area (Å²) in [5, 5.41) is 0.765. The zero-order valence-electron chi connectivity index (χ0n) is 13.8. The van der Waals surface area contributed by atoms with E-state index in [0.29, 0.717) is 17.6 Å². The van der Waals surface area contributed by atoms with Crippen LogP contribution in [0.1, 0.15) is 29.8 Å². The molecule has 1 amide bonds. The maximum atomic E-state index is 13.1. The van der Waals surface area contributed by atoms with Crippen LogP contribution in [0.15, 0.2) is 65.5 Å². The molecular formula is C20H20N2O2. The molecule has 4 heteroatoms. The lowest BCUT2D eigenvalue weighted by molar-refractivity contribution is 0.0692. The predicted molar refractivity (Wildman–Crippen MR) is 96.0 cm³/mol. The average Bonchev–Trinajstić information content (AvgIpc) is 2.59. The van der Waals surface area contributed by atoms with Gasteiger partial charge in [-0.3, -0.25) is 9.59 Å². The molecule has 4 nitrogen and oxygen atoms in total. The minimum atomic E-state index is -0.263. The van der Waals surface area contributed by atoms with Crippen LogP contribution in [0.5, 0.6) is 0 Å². The van der Waals surface area contributed by atoms with E-state index in [1.165, 1.54) is 6.07 Å². The summed E-state index contributed by atoms with van der Waals surface area (Å²) in [5.41, 5.74) is 1.92. The van der Waals surface area contributed by atoms with Crippen LogP contribution in [0.2, 0.25) is 0 Å². The van der Waals surface area contributed by atoms with Crippen LogP contribution in [0.25, 0.3) is 10.9 Å². The van der Waals surface area contributed by atoms with Crippen LogP contribution in [-0.2, 0) is 6.54 Å². The van der Waals surface area contributed by atoms with E-state index in [4.69, 9.17) is 0 Å². The first kappa shape index (κ1) is 16.0. The lowest BCUT2D eigenvalue weighted by Gasteiger charge is -2.27. The number of carbonyl (C=O) groups excluding carboxylic acids is 1. The smallest absolute Gasteiger partial charge is 0.255 e. The molecule has 1 N–H and O–H groups in total. The van der Waals surface area contributed by atoms with Gasteiger partial charge in [0.1, 0.15) is 0 Å². The van der Waals surface area contributed by atoms with Crippen LogP contribution in [0.4, 0.5) is 0 Å². The molecule has 122 valence electrons. The number of benzene rings is 2. The Hall–Kier alpha value is -2.88. The van der Waals surface area contributed by atoms with E-state index in [9.17, 15) is 9.59 Å². The van der Waals surface area contributed by atoms with Crippen LogP contribution < -0.4 is 5.56 Å². The molecule has 0 unspecified atom stereocenters. The van der Waals surface area contributed by atoms with Crippen molar-refractivity contribution in [2.45, 2.75) is 26.4 Å². The van der Waals surface area contributed by atoms with Gasteiger partial charge in [-0.25, -0.2) is 0 Å². The van der Waals surface area contributed by atoms with Gasteiger partial charge in [-0.1, -0.05) is 48.5 Å². The number of aromatic amines is 1. The summed E-state index contributed by atoms with van der Waals surface area (Å²) < 4.78 is 0. The quantitative estimate of drug-likeness (QED) is 0.799. The third-order valence-electron chi connectivity index (χ3n) is 4.06. The molecule has 0 saturated carbocycles. The first-order valence-electron chi connectivity index (χ1n) is 8.03. The Bertz CT molecular complexity index is 914. The van der Waals surface area contributed by atoms with E-state index in [1.54, 1.807) is 4.90 Å². The molecule has 1 aromatic heterocycles. The van der Waals surface area contributed by atoms with Crippen LogP contribution >= 0.6 is 0 Å². The van der Waals surface area contributed by atoms with Crippen molar-refractivity contribution in [1.29, 1.82) is 0 Å². The molecule has 0 fully saturated rings. The molecule has 0 aliphatic rings. The van der Waals surface area contributed by atoms with Crippen molar-refractivity contribution in [2.24, 2.45) is 0 Å². The SMILES string of the molecule is CC(C)N(Cc1ccccc1)C(=O)c1cc(=O)[nH]c2ccccc12. The van der Waals surface area contributed by atoms with E-state index >= 15 is 0 Å². The number of nitrogens with one attached hydrogen (secondary N) is 1. The van der Waals surface area contributed by atoms with Crippen molar-refractivity contribution < 1.29 is 4.79 Å². The molecular weight excluding hydrogens is 300 g/mol. The highest BCUT2D eigenvalue weighted by molar-refractivity contribution is 6.06. The Morgan fingerprint density at radius 2 is 1.71 bits per heavy atom. The molecule has 3 aromatic rings. The number of amides is 1. The lowest BCUT2D eigenvalue weighted by atomic mass is 10.1. The summed E-state index contributed by atoms with van der Waals surface area (Å²) in [5.74, 6) is -0.129. The van der Waals surface area contributed by atoms with Crippen LogP contribution in [-0.4, -0.2) is 21.8 Å². The maximum Gasteiger partial charge on any atom is 0.255 e. The fourth-order valence-electron chi connectivity index (χ4n) is 2.81. The van der Waals surface area contributed by atoms with Gasteiger partial charge in [0.15, 0.2) is 0 Å². The van der Waals surface area contributed by atoms with Gasteiger partial charge in [-0.15, -0.1) is 0 Å². The summed E-state index contributed by atoms with van der Waals surface area (Å²) in [6.45, 7) is 4.48. The molecule has 0 bridgehead atoms. The molecule has 24 heavy (non-hydrogen) atoms. The number of aromatic nitrogens is 1. The fraction of sp³-hybridized carbons (Fsp3) is 0.200. The van der Waals surface area contributed by atoms with E-state index in [-0.39, 0.29) is 17.5 Å². The number of H-pyrrole nitrogens is 1. The number of pyridine rings is 1. The summed E-state index contributed by atoms with van der Waals surface area (Å²) in [7, 11) is 0. The molecule has 0 saturated heterocycles. The zero-order chi connectivity index (χ0) is 17.1. The Balaban J connectivity index is 2.04. The topological polar surface area (TPSA) is 53.2 Å². The molecule has 0 atom stereocenters. The van der Waals surface area contributed by atoms with Gasteiger partial charge in [-0.2, -0.15) is 0 Å². The minimum absolute atomic E-state index is 0.0238. The van der Waals surface area contributed by atoms with Gasteiger partial charge in [-0.05, 0) is 25.5 Å². The van der Waals surface area contributed by atoms with Gasteiger partial charge in [0, 0.05) is 29.6 Å². The van der Waals surface area contributed by atoms with E-state index in [1.807, 2.05) is 68.4 Å². The van der Waals surface area contributed by atoms with Crippen LogP contribution in [0, 0.1) is 0 Å². The molecule has 1 heterocycles. The number of fused-ring (bicyclic) bond motifs is 1. The Kier molecular flexibility index (Phi) is 4.47. The van der Waals surface area contributed by atoms with E-state index in [2.05, 4.69) is 4.98 Å². The summed E-state index contributed by atoms with van der Waals surface area (Å²) >= 11 is 0. The highest BCUT2D eigenvalue weighted by Crippen LogP contribution is 2.19. The first-order chi connectivity index (χ1) is 11.6. The molecule has 0 aliphatic heterocycles. The fourth-order valence-corrected chi connectivity index (χ4v) is 2.81. The zero-order valence-corrected chi connectivity index (χ0v) is 13.8. The summed E-state index contributed by atoms with van der Waals surface area (Å²) in [6, 6.07) is 18.7. The van der Waals surface area contributed by atoms with Crippen molar-refractivity contribution in [1.82, 2.24) is 9.88 Å². The van der Waals surface area contributed by atoms with Crippen molar-refractivity contribution in [2.75, 3.05) is 0 Å². The Labute approximate surface area is 140 Å². The second-order valence-corrected chi connectivity index (χ2v) is 6.11.